The van der Waals surface area contributed by atoms with Crippen molar-refractivity contribution in [3.8, 4) is 10.6 Å². The van der Waals surface area contributed by atoms with Crippen molar-refractivity contribution in [3.05, 3.63) is 47.1 Å². The average Bonchev–Trinajstić information content (AvgIpc) is 3.28. The Balaban J connectivity index is 1.57. The Bertz CT molecular complexity index is 958. The molecule has 0 aliphatic carbocycles. The van der Waals surface area contributed by atoms with Gasteiger partial charge in [0.25, 0.3) is 0 Å². The molecule has 0 aliphatic rings. The van der Waals surface area contributed by atoms with Crippen molar-refractivity contribution in [3.63, 3.8) is 0 Å². The lowest BCUT2D eigenvalue weighted by Crippen LogP contribution is -2.01. The van der Waals surface area contributed by atoms with Gasteiger partial charge in [0.1, 0.15) is 11.5 Å². The topological polar surface area (TPSA) is 73.8 Å². The van der Waals surface area contributed by atoms with E-state index in [1.54, 1.807) is 11.3 Å². The van der Waals surface area contributed by atoms with Crippen molar-refractivity contribution in [2.75, 3.05) is 0 Å². The van der Waals surface area contributed by atoms with Crippen molar-refractivity contribution in [2.45, 2.75) is 26.7 Å². The van der Waals surface area contributed by atoms with Crippen LogP contribution in [0, 0.1) is 13.8 Å². The van der Waals surface area contributed by atoms with E-state index >= 15 is 0 Å². The van der Waals surface area contributed by atoms with E-state index in [4.69, 9.17) is 4.98 Å². The van der Waals surface area contributed by atoms with Crippen LogP contribution in [0.15, 0.2) is 24.1 Å². The summed E-state index contributed by atoms with van der Waals surface area (Å²) in [5, 5.41) is 4.60. The number of thiazole rings is 1. The van der Waals surface area contributed by atoms with Gasteiger partial charge < -0.3 is 4.57 Å². The maximum absolute atomic E-state index is 4.72. The Morgan fingerprint density at radius 2 is 2.00 bits per heavy atom. The van der Waals surface area contributed by atoms with Gasteiger partial charge in [-0.1, -0.05) is 0 Å². The summed E-state index contributed by atoms with van der Waals surface area (Å²) in [5.41, 5.74) is 5.50. The summed E-state index contributed by atoms with van der Waals surface area (Å²) in [5.74, 6) is 1.83. The molecule has 0 atom stereocenters. The van der Waals surface area contributed by atoms with Crippen molar-refractivity contribution >= 4 is 17.0 Å². The molecule has 0 bridgehead atoms. The third kappa shape index (κ3) is 2.58. The van der Waals surface area contributed by atoms with Gasteiger partial charge in [-0.05, 0) is 13.8 Å². The lowest BCUT2D eigenvalue weighted by atomic mass is 10.3. The Hall–Kier alpha value is -2.61. The number of aryl methyl sites for hydroxylation is 5. The van der Waals surface area contributed by atoms with Crippen molar-refractivity contribution < 1.29 is 0 Å². The van der Waals surface area contributed by atoms with Crippen molar-refractivity contribution in [1.29, 1.82) is 0 Å². The molecule has 0 N–H and O–H groups in total. The van der Waals surface area contributed by atoms with Crippen LogP contribution >= 0.6 is 11.3 Å². The molecule has 8 heteroatoms. The van der Waals surface area contributed by atoms with E-state index in [-0.39, 0.29) is 0 Å². The normalized spacial score (nSPS) is 11.5. The van der Waals surface area contributed by atoms with E-state index in [0.29, 0.717) is 0 Å². The molecule has 122 valence electrons. The maximum atomic E-state index is 4.72. The van der Waals surface area contributed by atoms with Gasteiger partial charge in [0.2, 0.25) is 0 Å². The highest BCUT2D eigenvalue weighted by atomic mass is 32.1. The summed E-state index contributed by atoms with van der Waals surface area (Å²) in [6, 6.07) is 0. The molecule has 7 nitrogen and oxygen atoms in total. The first-order valence-corrected chi connectivity index (χ1v) is 8.59. The minimum absolute atomic E-state index is 0.744. The minimum atomic E-state index is 0.744. The first kappa shape index (κ1) is 14.9. The van der Waals surface area contributed by atoms with Gasteiger partial charge in [-0.25, -0.2) is 14.5 Å². The minimum Gasteiger partial charge on any atom is -0.337 e. The van der Waals surface area contributed by atoms with Crippen LogP contribution in [0.1, 0.15) is 23.0 Å². The highest BCUT2D eigenvalue weighted by molar-refractivity contribution is 7.13. The summed E-state index contributed by atoms with van der Waals surface area (Å²) >= 11 is 1.60. The number of nitrogens with zero attached hydrogens (tertiary/aromatic N) is 7. The third-order valence-electron chi connectivity index (χ3n) is 3.98. The summed E-state index contributed by atoms with van der Waals surface area (Å²) in [6.45, 7) is 3.94. The fourth-order valence-electron chi connectivity index (χ4n) is 2.66. The van der Waals surface area contributed by atoms with Crippen LogP contribution < -0.4 is 0 Å². The number of rotatable bonds is 4. The lowest BCUT2D eigenvalue weighted by molar-refractivity contribution is 0.742. The van der Waals surface area contributed by atoms with Crippen LogP contribution in [0.5, 0.6) is 0 Å². The molecule has 0 aromatic carbocycles. The van der Waals surface area contributed by atoms with Crippen molar-refractivity contribution in [1.82, 2.24) is 34.1 Å². The zero-order valence-corrected chi connectivity index (χ0v) is 14.6. The number of aromatic nitrogens is 7. The second-order valence-electron chi connectivity index (χ2n) is 5.77. The van der Waals surface area contributed by atoms with E-state index in [1.807, 2.05) is 49.5 Å². The van der Waals surface area contributed by atoms with E-state index in [1.165, 1.54) is 0 Å². The Labute approximate surface area is 143 Å². The number of fused-ring (bicyclic) bond motifs is 1. The van der Waals surface area contributed by atoms with E-state index in [2.05, 4.69) is 24.6 Å². The van der Waals surface area contributed by atoms with E-state index in [9.17, 15) is 0 Å². The molecule has 4 rings (SSSR count). The zero-order valence-electron chi connectivity index (χ0n) is 13.8. The largest absolute Gasteiger partial charge is 0.337 e. The van der Waals surface area contributed by atoms with Crippen LogP contribution in [0.25, 0.3) is 16.2 Å². The molecule has 0 saturated heterocycles. The molecular weight excluding hydrogens is 322 g/mol. The fourth-order valence-corrected chi connectivity index (χ4v) is 3.24. The molecular formula is C16H17N7S. The number of hydrogen-bond donors (Lipinski definition) is 0. The van der Waals surface area contributed by atoms with Crippen LogP contribution in [0.3, 0.4) is 0 Å². The highest BCUT2D eigenvalue weighted by Gasteiger charge is 2.12. The van der Waals surface area contributed by atoms with Gasteiger partial charge in [0.15, 0.2) is 11.5 Å². The molecule has 0 aliphatic heterocycles. The van der Waals surface area contributed by atoms with Gasteiger partial charge in [-0.15, -0.1) is 11.3 Å². The predicted molar refractivity (Wildman–Crippen MR) is 92.0 cm³/mol. The first-order chi connectivity index (χ1) is 11.6. The molecule has 0 saturated carbocycles. The summed E-state index contributed by atoms with van der Waals surface area (Å²) < 4.78 is 3.92. The lowest BCUT2D eigenvalue weighted by Gasteiger charge is -1.98. The molecule has 4 aromatic heterocycles. The molecule has 0 amide bonds. The predicted octanol–water partition coefficient (Wildman–Crippen LogP) is 2.38. The van der Waals surface area contributed by atoms with E-state index < -0.39 is 0 Å². The van der Waals surface area contributed by atoms with Crippen molar-refractivity contribution in [2.24, 2.45) is 7.05 Å². The van der Waals surface area contributed by atoms with Crippen LogP contribution in [-0.4, -0.2) is 34.1 Å². The molecule has 4 aromatic rings. The van der Waals surface area contributed by atoms with Gasteiger partial charge in [0.05, 0.1) is 21.8 Å². The zero-order chi connectivity index (χ0) is 16.7. The Morgan fingerprint density at radius 3 is 2.75 bits per heavy atom. The fraction of sp³-hybridized carbons (Fsp3) is 0.312. The monoisotopic (exact) mass is 339 g/mol. The molecule has 0 radical (unpaired) electrons. The highest BCUT2D eigenvalue weighted by Crippen LogP contribution is 2.22. The maximum Gasteiger partial charge on any atom is 0.177 e. The molecule has 0 spiro atoms. The number of hydrogen-bond acceptors (Lipinski definition) is 6. The molecule has 0 unspecified atom stereocenters. The smallest absolute Gasteiger partial charge is 0.177 e. The summed E-state index contributed by atoms with van der Waals surface area (Å²) in [6.07, 6.45) is 7.24. The summed E-state index contributed by atoms with van der Waals surface area (Å²) in [4.78, 5) is 18.9. The molecule has 4 heterocycles. The van der Waals surface area contributed by atoms with Crippen LogP contribution in [-0.2, 0) is 19.9 Å². The molecule has 24 heavy (non-hydrogen) atoms. The second-order valence-corrected chi connectivity index (χ2v) is 6.65. The number of imidazole rings is 1. The Kier molecular flexibility index (Phi) is 3.61. The second kappa shape index (κ2) is 5.79. The van der Waals surface area contributed by atoms with Gasteiger partial charge in [0, 0.05) is 38.5 Å². The van der Waals surface area contributed by atoms with Crippen LogP contribution in [0.4, 0.5) is 0 Å². The summed E-state index contributed by atoms with van der Waals surface area (Å²) in [7, 11) is 2.02. The van der Waals surface area contributed by atoms with Gasteiger partial charge >= 0.3 is 0 Å². The van der Waals surface area contributed by atoms with Gasteiger partial charge in [-0.3, -0.25) is 9.97 Å². The SMILES string of the molecule is Cc1ncc(C)n2nc(CCc3nc(-c4cncs4)cn3C)nc12. The average molecular weight is 339 g/mol. The molecule has 0 fully saturated rings. The van der Waals surface area contributed by atoms with Crippen LogP contribution in [0.2, 0.25) is 0 Å². The quantitative estimate of drug-likeness (QED) is 0.571. The third-order valence-corrected chi connectivity index (χ3v) is 4.78. The Morgan fingerprint density at radius 1 is 1.12 bits per heavy atom. The standard InChI is InChI=1S/C16H17N7S/c1-10-6-18-11(2)16-20-14(21-23(10)16)4-5-15-19-12(8-22(15)3)13-7-17-9-24-13/h6-9H,4-5H2,1-3H3. The first-order valence-electron chi connectivity index (χ1n) is 7.71. The van der Waals surface area contributed by atoms with Gasteiger partial charge in [-0.2, -0.15) is 5.10 Å². The van der Waals surface area contributed by atoms with E-state index in [0.717, 1.165) is 52.1 Å².